The highest BCUT2D eigenvalue weighted by molar-refractivity contribution is 5.97. The second-order valence-corrected chi connectivity index (χ2v) is 5.04. The standard InChI is InChI=1S/C15H14F4N4O3/c1-3-25-22-8(2)7-20-13(24)9-4-5-10(11(16)6-9)12-21-14(26-23-12)15(17,18)19/h4-6H,3,7H2,1-2H3,(H,20,24)/b22-8-. The number of hydrogen-bond donors (Lipinski definition) is 1. The van der Waals surface area contributed by atoms with E-state index < -0.39 is 29.6 Å². The van der Waals surface area contributed by atoms with Crippen LogP contribution in [-0.2, 0) is 11.0 Å². The first-order valence-electron chi connectivity index (χ1n) is 7.36. The van der Waals surface area contributed by atoms with E-state index in [-0.39, 0.29) is 17.7 Å². The molecule has 11 heteroatoms. The van der Waals surface area contributed by atoms with Gasteiger partial charge in [-0.2, -0.15) is 18.2 Å². The molecule has 0 fully saturated rings. The van der Waals surface area contributed by atoms with Gasteiger partial charge in [0.2, 0.25) is 5.82 Å². The molecular formula is C15H14F4N4O3. The number of alkyl halides is 3. The molecule has 0 aliphatic rings. The van der Waals surface area contributed by atoms with Crippen molar-refractivity contribution in [3.63, 3.8) is 0 Å². The Balaban J connectivity index is 2.11. The fourth-order valence-electron chi connectivity index (χ4n) is 1.80. The average molecular weight is 374 g/mol. The maximum atomic E-state index is 14.1. The Hall–Kier alpha value is -2.98. The monoisotopic (exact) mass is 374 g/mol. The lowest BCUT2D eigenvalue weighted by molar-refractivity contribution is -0.159. The topological polar surface area (TPSA) is 89.6 Å². The number of benzene rings is 1. The summed E-state index contributed by atoms with van der Waals surface area (Å²) < 4.78 is 55.6. The van der Waals surface area contributed by atoms with Gasteiger partial charge in [-0.3, -0.25) is 4.79 Å². The minimum absolute atomic E-state index is 0.0324. The van der Waals surface area contributed by atoms with E-state index in [1.165, 1.54) is 6.07 Å². The summed E-state index contributed by atoms with van der Waals surface area (Å²) in [7, 11) is 0. The molecular weight excluding hydrogens is 360 g/mol. The van der Waals surface area contributed by atoms with Crippen LogP contribution in [-0.4, -0.2) is 34.9 Å². The van der Waals surface area contributed by atoms with Crippen LogP contribution >= 0.6 is 0 Å². The summed E-state index contributed by atoms with van der Waals surface area (Å²) in [5.41, 5.74) is 0.147. The van der Waals surface area contributed by atoms with Crippen molar-refractivity contribution in [3.05, 3.63) is 35.5 Å². The molecule has 0 spiro atoms. The number of aromatic nitrogens is 2. The average Bonchev–Trinajstić information content (AvgIpc) is 3.07. The molecule has 140 valence electrons. The number of carbonyl (C=O) groups excluding carboxylic acids is 1. The van der Waals surface area contributed by atoms with Gasteiger partial charge in [-0.1, -0.05) is 10.3 Å². The zero-order chi connectivity index (χ0) is 19.3. The van der Waals surface area contributed by atoms with E-state index in [2.05, 4.69) is 25.1 Å². The van der Waals surface area contributed by atoms with Crippen molar-refractivity contribution in [1.82, 2.24) is 15.5 Å². The predicted molar refractivity (Wildman–Crippen MR) is 81.8 cm³/mol. The number of amides is 1. The molecule has 0 bridgehead atoms. The minimum atomic E-state index is -4.83. The lowest BCUT2D eigenvalue weighted by Gasteiger charge is -2.06. The van der Waals surface area contributed by atoms with Crippen molar-refractivity contribution in [3.8, 4) is 11.4 Å². The second kappa shape index (κ2) is 7.93. The molecule has 1 heterocycles. The Morgan fingerprint density at radius 2 is 2.12 bits per heavy atom. The Labute approximate surface area is 145 Å². The number of carbonyl (C=O) groups is 1. The Morgan fingerprint density at radius 1 is 1.38 bits per heavy atom. The number of nitrogens with one attached hydrogen (secondary N) is 1. The molecule has 7 nitrogen and oxygen atoms in total. The van der Waals surface area contributed by atoms with E-state index in [0.717, 1.165) is 12.1 Å². The van der Waals surface area contributed by atoms with Crippen molar-refractivity contribution >= 4 is 11.6 Å². The SMILES string of the molecule is CCO/N=C(/C)CNC(=O)c1ccc(-c2noc(C(F)(F)F)n2)c(F)c1. The smallest absolute Gasteiger partial charge is 0.396 e. The summed E-state index contributed by atoms with van der Waals surface area (Å²) in [6, 6.07) is 3.19. The van der Waals surface area contributed by atoms with Crippen LogP contribution in [0.2, 0.25) is 0 Å². The van der Waals surface area contributed by atoms with Gasteiger partial charge in [0.25, 0.3) is 5.91 Å². The number of halogens is 4. The van der Waals surface area contributed by atoms with Crippen molar-refractivity contribution in [2.75, 3.05) is 13.2 Å². The van der Waals surface area contributed by atoms with Gasteiger partial charge in [-0.05, 0) is 32.0 Å². The molecule has 0 radical (unpaired) electrons. The molecule has 0 atom stereocenters. The highest BCUT2D eigenvalue weighted by Gasteiger charge is 2.38. The Bertz CT molecular complexity index is 817. The minimum Gasteiger partial charge on any atom is -0.396 e. The summed E-state index contributed by atoms with van der Waals surface area (Å²) in [5.74, 6) is -3.71. The largest absolute Gasteiger partial charge is 0.471 e. The summed E-state index contributed by atoms with van der Waals surface area (Å²) in [6.45, 7) is 3.85. The number of rotatable bonds is 6. The lowest BCUT2D eigenvalue weighted by Crippen LogP contribution is -2.28. The number of hydrogen-bond acceptors (Lipinski definition) is 6. The molecule has 1 aromatic heterocycles. The highest BCUT2D eigenvalue weighted by Crippen LogP contribution is 2.30. The fraction of sp³-hybridized carbons (Fsp3) is 0.333. The first-order chi connectivity index (χ1) is 12.2. The van der Waals surface area contributed by atoms with E-state index in [9.17, 15) is 22.4 Å². The van der Waals surface area contributed by atoms with E-state index in [4.69, 9.17) is 4.84 Å². The second-order valence-electron chi connectivity index (χ2n) is 5.04. The molecule has 2 aromatic rings. The number of nitrogens with zero attached hydrogens (tertiary/aromatic N) is 3. The molecule has 26 heavy (non-hydrogen) atoms. The van der Waals surface area contributed by atoms with Crippen LogP contribution in [0.4, 0.5) is 17.6 Å². The summed E-state index contributed by atoms with van der Waals surface area (Å²) >= 11 is 0. The summed E-state index contributed by atoms with van der Waals surface area (Å²) in [6.07, 6.45) is -4.83. The van der Waals surface area contributed by atoms with Gasteiger partial charge >= 0.3 is 12.1 Å². The summed E-state index contributed by atoms with van der Waals surface area (Å²) in [5, 5.41) is 9.31. The maximum absolute atomic E-state index is 14.1. The third kappa shape index (κ3) is 4.77. The molecule has 0 saturated carbocycles. The normalized spacial score (nSPS) is 12.2. The van der Waals surface area contributed by atoms with Crippen LogP contribution in [0.25, 0.3) is 11.4 Å². The van der Waals surface area contributed by atoms with Crippen molar-refractivity contribution in [2.24, 2.45) is 5.16 Å². The molecule has 1 N–H and O–H groups in total. The molecule has 0 aliphatic carbocycles. The molecule has 1 aromatic carbocycles. The zero-order valence-corrected chi connectivity index (χ0v) is 13.7. The van der Waals surface area contributed by atoms with Crippen molar-refractivity contribution in [1.29, 1.82) is 0 Å². The lowest BCUT2D eigenvalue weighted by atomic mass is 10.1. The van der Waals surface area contributed by atoms with Gasteiger partial charge in [0.1, 0.15) is 12.4 Å². The Morgan fingerprint density at radius 3 is 2.69 bits per heavy atom. The van der Waals surface area contributed by atoms with Gasteiger partial charge < -0.3 is 14.7 Å². The quantitative estimate of drug-likeness (QED) is 0.477. The van der Waals surface area contributed by atoms with Crippen LogP contribution < -0.4 is 5.32 Å². The van der Waals surface area contributed by atoms with Crippen molar-refractivity contribution < 1.29 is 31.7 Å². The first-order valence-corrected chi connectivity index (χ1v) is 7.36. The highest BCUT2D eigenvalue weighted by atomic mass is 19.4. The Kier molecular flexibility index (Phi) is 5.90. The van der Waals surface area contributed by atoms with Crippen LogP contribution in [0.15, 0.2) is 27.9 Å². The molecule has 0 aliphatic heterocycles. The molecule has 1 amide bonds. The van der Waals surface area contributed by atoms with Gasteiger partial charge in [-0.15, -0.1) is 0 Å². The zero-order valence-electron chi connectivity index (χ0n) is 13.7. The first kappa shape index (κ1) is 19.3. The van der Waals surface area contributed by atoms with Gasteiger partial charge in [-0.25, -0.2) is 4.39 Å². The van der Waals surface area contributed by atoms with Crippen LogP contribution in [0.3, 0.4) is 0 Å². The predicted octanol–water partition coefficient (Wildman–Crippen LogP) is 3.04. The third-order valence-electron chi connectivity index (χ3n) is 2.99. The van der Waals surface area contributed by atoms with Gasteiger partial charge in [0.15, 0.2) is 0 Å². The van der Waals surface area contributed by atoms with Crippen molar-refractivity contribution in [2.45, 2.75) is 20.0 Å². The number of oxime groups is 1. The van der Waals surface area contributed by atoms with Crippen LogP contribution in [0.5, 0.6) is 0 Å². The summed E-state index contributed by atoms with van der Waals surface area (Å²) in [4.78, 5) is 19.9. The van der Waals surface area contributed by atoms with Crippen LogP contribution in [0.1, 0.15) is 30.1 Å². The maximum Gasteiger partial charge on any atom is 0.471 e. The molecule has 0 unspecified atom stereocenters. The van der Waals surface area contributed by atoms with E-state index in [1.54, 1.807) is 13.8 Å². The van der Waals surface area contributed by atoms with E-state index >= 15 is 0 Å². The van der Waals surface area contributed by atoms with Gasteiger partial charge in [0.05, 0.1) is 17.8 Å². The van der Waals surface area contributed by atoms with E-state index in [1.807, 2.05) is 0 Å². The third-order valence-corrected chi connectivity index (χ3v) is 2.99. The van der Waals surface area contributed by atoms with Crippen LogP contribution in [0, 0.1) is 5.82 Å². The fourth-order valence-corrected chi connectivity index (χ4v) is 1.80. The molecule has 2 rings (SSSR count). The van der Waals surface area contributed by atoms with E-state index in [0.29, 0.717) is 12.3 Å². The van der Waals surface area contributed by atoms with Gasteiger partial charge in [0, 0.05) is 5.56 Å². The molecule has 0 saturated heterocycles.